The minimum absolute atomic E-state index is 0.0353. The Balaban J connectivity index is 3.64. The predicted molar refractivity (Wildman–Crippen MR) is 53.0 cm³/mol. The molecule has 0 aromatic carbocycles. The number of ether oxygens (including phenoxy) is 1. The van der Waals surface area contributed by atoms with Crippen LogP contribution in [0.3, 0.4) is 0 Å². The van der Waals surface area contributed by atoms with E-state index >= 15 is 0 Å². The number of aliphatic hydroxyl groups excluding tert-OH is 1. The van der Waals surface area contributed by atoms with E-state index in [1.807, 2.05) is 6.92 Å². The summed E-state index contributed by atoms with van der Waals surface area (Å²) in [6.07, 6.45) is 4.39. The maximum Gasteiger partial charge on any atom is 0.0844 e. The zero-order valence-corrected chi connectivity index (χ0v) is 8.16. The summed E-state index contributed by atoms with van der Waals surface area (Å²) in [7, 11) is 1.59. The number of allylic oxidation sites excluding steroid dienone is 1. The lowest BCUT2D eigenvalue weighted by Gasteiger charge is -2.20. The summed E-state index contributed by atoms with van der Waals surface area (Å²) in [4.78, 5) is 0. The van der Waals surface area contributed by atoms with Gasteiger partial charge >= 0.3 is 0 Å². The van der Waals surface area contributed by atoms with Crippen LogP contribution in [0.4, 0.5) is 0 Å². The maximum atomic E-state index is 8.89. The predicted octanol–water partition coefficient (Wildman–Crippen LogP) is 0.383. The van der Waals surface area contributed by atoms with Crippen LogP contribution in [0.1, 0.15) is 6.92 Å². The van der Waals surface area contributed by atoms with E-state index in [1.165, 1.54) is 6.21 Å². The summed E-state index contributed by atoms with van der Waals surface area (Å²) >= 11 is 0. The molecule has 0 saturated heterocycles. The van der Waals surface area contributed by atoms with Crippen LogP contribution >= 0.6 is 0 Å². The number of hydrogen-bond acceptors (Lipinski definition) is 4. The highest BCUT2D eigenvalue weighted by atomic mass is 16.5. The zero-order chi connectivity index (χ0) is 10.1. The average molecular weight is 186 g/mol. The van der Waals surface area contributed by atoms with Crippen molar-refractivity contribution in [1.82, 2.24) is 5.32 Å². The van der Waals surface area contributed by atoms with Crippen molar-refractivity contribution in [1.29, 1.82) is 5.41 Å². The van der Waals surface area contributed by atoms with Gasteiger partial charge in [-0.3, -0.25) is 0 Å². The molecule has 76 valence electrons. The average Bonchev–Trinajstić information content (AvgIpc) is 2.14. The van der Waals surface area contributed by atoms with Crippen molar-refractivity contribution in [3.63, 3.8) is 0 Å². The molecule has 0 aliphatic carbocycles. The molecule has 0 amide bonds. The molecule has 0 aliphatic heterocycles. The molecule has 4 heteroatoms. The Morgan fingerprint density at radius 2 is 2.31 bits per heavy atom. The van der Waals surface area contributed by atoms with Crippen LogP contribution in [0.25, 0.3) is 0 Å². The van der Waals surface area contributed by atoms with Gasteiger partial charge in [-0.2, -0.15) is 0 Å². The van der Waals surface area contributed by atoms with Gasteiger partial charge in [-0.15, -0.1) is 0 Å². The second-order valence-electron chi connectivity index (χ2n) is 2.87. The first-order valence-electron chi connectivity index (χ1n) is 4.28. The van der Waals surface area contributed by atoms with E-state index in [1.54, 1.807) is 19.4 Å². The van der Waals surface area contributed by atoms with Gasteiger partial charge in [0, 0.05) is 25.8 Å². The van der Waals surface area contributed by atoms with Gasteiger partial charge in [-0.05, 0) is 12.3 Å². The normalized spacial score (nSPS) is 15.6. The van der Waals surface area contributed by atoms with Gasteiger partial charge < -0.3 is 20.6 Å². The summed E-state index contributed by atoms with van der Waals surface area (Å²) < 4.78 is 5.06. The molecule has 13 heavy (non-hydrogen) atoms. The molecule has 3 N–H and O–H groups in total. The topological polar surface area (TPSA) is 65.3 Å². The van der Waals surface area contributed by atoms with Gasteiger partial charge in [0.2, 0.25) is 0 Å². The van der Waals surface area contributed by atoms with Crippen LogP contribution in [-0.4, -0.2) is 37.7 Å². The molecule has 2 atom stereocenters. The van der Waals surface area contributed by atoms with Crippen LogP contribution in [-0.2, 0) is 4.74 Å². The first-order valence-corrected chi connectivity index (χ1v) is 4.28. The SMILES string of the molecule is CO[C@H](CO)[C@H](C)CN/C=C\C=N. The van der Waals surface area contributed by atoms with Crippen molar-refractivity contribution in [2.75, 3.05) is 20.3 Å². The fraction of sp³-hybridized carbons (Fsp3) is 0.667. The Labute approximate surface area is 79.1 Å². The molecule has 0 spiro atoms. The first-order chi connectivity index (χ1) is 6.26. The van der Waals surface area contributed by atoms with Crippen LogP contribution in [0.15, 0.2) is 12.3 Å². The van der Waals surface area contributed by atoms with Crippen molar-refractivity contribution in [2.24, 2.45) is 5.92 Å². The van der Waals surface area contributed by atoms with Crippen molar-refractivity contribution in [3.05, 3.63) is 12.3 Å². The number of rotatable bonds is 7. The molecule has 0 saturated carbocycles. The fourth-order valence-corrected chi connectivity index (χ4v) is 0.988. The summed E-state index contributed by atoms with van der Waals surface area (Å²) in [5.41, 5.74) is 0. The second-order valence-corrected chi connectivity index (χ2v) is 2.87. The Morgan fingerprint density at radius 3 is 2.77 bits per heavy atom. The van der Waals surface area contributed by atoms with E-state index in [2.05, 4.69) is 5.32 Å². The monoisotopic (exact) mass is 186 g/mol. The van der Waals surface area contributed by atoms with Gasteiger partial charge in [0.15, 0.2) is 0 Å². The summed E-state index contributed by atoms with van der Waals surface area (Å²) in [5, 5.41) is 18.6. The van der Waals surface area contributed by atoms with Crippen molar-refractivity contribution >= 4 is 6.21 Å². The molecule has 0 rings (SSSR count). The van der Waals surface area contributed by atoms with Gasteiger partial charge in [0.05, 0.1) is 12.7 Å². The second kappa shape index (κ2) is 7.76. The van der Waals surface area contributed by atoms with Crippen LogP contribution < -0.4 is 5.32 Å². The number of methoxy groups -OCH3 is 1. The highest BCUT2D eigenvalue weighted by molar-refractivity contribution is 5.67. The minimum atomic E-state index is -0.124. The smallest absolute Gasteiger partial charge is 0.0844 e. The van der Waals surface area contributed by atoms with Gasteiger partial charge in [-0.1, -0.05) is 6.92 Å². The number of hydrogen-bond donors (Lipinski definition) is 3. The van der Waals surface area contributed by atoms with Gasteiger partial charge in [-0.25, -0.2) is 0 Å². The van der Waals surface area contributed by atoms with Gasteiger partial charge in [0.1, 0.15) is 0 Å². The molecular formula is C9H18N2O2. The van der Waals surface area contributed by atoms with E-state index < -0.39 is 0 Å². The van der Waals surface area contributed by atoms with E-state index in [4.69, 9.17) is 15.3 Å². The van der Waals surface area contributed by atoms with Crippen molar-refractivity contribution in [2.45, 2.75) is 13.0 Å². The zero-order valence-electron chi connectivity index (χ0n) is 8.16. The quantitative estimate of drug-likeness (QED) is 0.504. The molecule has 0 heterocycles. The third kappa shape index (κ3) is 5.38. The Hall–Kier alpha value is -0.870. The fourth-order valence-electron chi connectivity index (χ4n) is 0.988. The highest BCUT2D eigenvalue weighted by Gasteiger charge is 2.14. The third-order valence-electron chi connectivity index (χ3n) is 1.87. The lowest BCUT2D eigenvalue weighted by molar-refractivity contribution is 0.0139. The summed E-state index contributed by atoms with van der Waals surface area (Å²) in [5.74, 6) is 0.241. The highest BCUT2D eigenvalue weighted by Crippen LogP contribution is 2.04. The summed E-state index contributed by atoms with van der Waals surface area (Å²) in [6.45, 7) is 2.76. The largest absolute Gasteiger partial charge is 0.394 e. The molecule has 0 fully saturated rings. The lowest BCUT2D eigenvalue weighted by Crippen LogP contribution is -2.31. The Morgan fingerprint density at radius 1 is 1.62 bits per heavy atom. The van der Waals surface area contributed by atoms with E-state index in [9.17, 15) is 0 Å². The maximum absolute atomic E-state index is 8.89. The van der Waals surface area contributed by atoms with Gasteiger partial charge in [0.25, 0.3) is 0 Å². The molecule has 0 aromatic rings. The minimum Gasteiger partial charge on any atom is -0.394 e. The Bertz CT molecular complexity index is 156. The molecule has 4 nitrogen and oxygen atoms in total. The van der Waals surface area contributed by atoms with Crippen molar-refractivity contribution < 1.29 is 9.84 Å². The Kier molecular flexibility index (Phi) is 7.24. The molecular weight excluding hydrogens is 168 g/mol. The lowest BCUT2D eigenvalue weighted by atomic mass is 10.1. The molecule has 0 unspecified atom stereocenters. The standard InChI is InChI=1S/C9H18N2O2/c1-8(9(7-12)13-2)6-11-5-3-4-10/h3-5,8-12H,6-7H2,1-2H3/b5-3-,10-4?/t8-,9-/m1/s1. The van der Waals surface area contributed by atoms with E-state index in [0.717, 1.165) is 6.54 Å². The third-order valence-corrected chi connectivity index (χ3v) is 1.87. The van der Waals surface area contributed by atoms with Crippen LogP contribution in [0.2, 0.25) is 0 Å². The molecule has 0 aromatic heterocycles. The summed E-state index contributed by atoms with van der Waals surface area (Å²) in [6, 6.07) is 0. The van der Waals surface area contributed by atoms with E-state index in [-0.39, 0.29) is 18.6 Å². The van der Waals surface area contributed by atoms with Crippen LogP contribution in [0, 0.1) is 11.3 Å². The number of aliphatic hydroxyl groups is 1. The molecule has 0 bridgehead atoms. The first kappa shape index (κ1) is 12.1. The molecule has 0 radical (unpaired) electrons. The number of nitrogens with one attached hydrogen (secondary N) is 2. The van der Waals surface area contributed by atoms with Crippen molar-refractivity contribution in [3.8, 4) is 0 Å². The van der Waals surface area contributed by atoms with Crippen LogP contribution in [0.5, 0.6) is 0 Å². The molecule has 0 aliphatic rings. The van der Waals surface area contributed by atoms with E-state index in [0.29, 0.717) is 0 Å².